The summed E-state index contributed by atoms with van der Waals surface area (Å²) in [6.45, 7) is 2.44. The predicted octanol–water partition coefficient (Wildman–Crippen LogP) is 1.62. The number of aromatic amines is 1. The van der Waals surface area contributed by atoms with E-state index in [9.17, 15) is 4.79 Å². The molecule has 0 saturated carbocycles. The van der Waals surface area contributed by atoms with E-state index in [1.165, 1.54) is 4.42 Å². The average molecular weight is 309 g/mol. The number of carbonyl (C=O) groups is 1. The number of fused-ring (bicyclic) bond motifs is 1. The van der Waals surface area contributed by atoms with Crippen molar-refractivity contribution >= 4 is 29.4 Å². The molecule has 0 aromatic carbocycles. The zero-order valence-electron chi connectivity index (χ0n) is 11.2. The Morgan fingerprint density at radius 3 is 3.19 bits per heavy atom. The molecular formula is C12H13ClN6O2. The van der Waals surface area contributed by atoms with Crippen molar-refractivity contribution < 1.29 is 9.53 Å². The first kappa shape index (κ1) is 13.5. The van der Waals surface area contributed by atoms with Crippen LogP contribution in [-0.2, 0) is 11.3 Å². The van der Waals surface area contributed by atoms with Crippen LogP contribution in [0.15, 0.2) is 24.7 Å². The van der Waals surface area contributed by atoms with Gasteiger partial charge in [0.1, 0.15) is 17.5 Å². The van der Waals surface area contributed by atoms with Gasteiger partial charge in [-0.1, -0.05) is 0 Å². The third kappa shape index (κ3) is 2.70. The number of H-pyrrole nitrogens is 1. The minimum atomic E-state index is -0.457. The van der Waals surface area contributed by atoms with Crippen molar-refractivity contribution in [1.82, 2.24) is 24.2 Å². The molecule has 2 aromatic heterocycles. The van der Waals surface area contributed by atoms with Crippen LogP contribution in [-0.4, -0.2) is 36.7 Å². The highest BCUT2D eigenvalue weighted by Crippen LogP contribution is 2.22. The molecular weight excluding hydrogens is 296 g/mol. The first-order chi connectivity index (χ1) is 10.2. The van der Waals surface area contributed by atoms with E-state index in [1.807, 2.05) is 0 Å². The van der Waals surface area contributed by atoms with Gasteiger partial charge in [0.05, 0.1) is 25.5 Å². The Kier molecular flexibility index (Phi) is 3.53. The Morgan fingerprint density at radius 2 is 2.48 bits per heavy atom. The summed E-state index contributed by atoms with van der Waals surface area (Å²) in [4.78, 5) is 16.0. The number of nitrogens with one attached hydrogen (secondary N) is 2. The minimum absolute atomic E-state index is 0.246. The van der Waals surface area contributed by atoms with Crippen LogP contribution in [0.3, 0.4) is 0 Å². The number of aromatic nitrogens is 4. The lowest BCUT2D eigenvalue weighted by Gasteiger charge is -2.22. The normalized spacial score (nSPS) is 13.6. The smallest absolute Gasteiger partial charge is 0.358 e. The number of rotatable bonds is 4. The fourth-order valence-corrected chi connectivity index (χ4v) is 2.17. The fourth-order valence-electron chi connectivity index (χ4n) is 1.97. The molecule has 8 nitrogen and oxygen atoms in total. The van der Waals surface area contributed by atoms with Crippen LogP contribution in [0.4, 0.5) is 5.82 Å². The summed E-state index contributed by atoms with van der Waals surface area (Å²) >= 11 is 6.05. The minimum Gasteiger partial charge on any atom is -0.461 e. The molecule has 0 bridgehead atoms. The van der Waals surface area contributed by atoms with Crippen LogP contribution in [0.2, 0.25) is 0 Å². The first-order valence-electron chi connectivity index (χ1n) is 6.33. The van der Waals surface area contributed by atoms with Gasteiger partial charge in [-0.25, -0.2) is 9.78 Å². The summed E-state index contributed by atoms with van der Waals surface area (Å²) in [7, 11) is 0. The van der Waals surface area contributed by atoms with Crippen LogP contribution in [0.25, 0.3) is 5.82 Å². The quantitative estimate of drug-likeness (QED) is 0.659. The van der Waals surface area contributed by atoms with Gasteiger partial charge in [0.25, 0.3) is 0 Å². The number of hydrogen-bond acceptors (Lipinski definition) is 6. The fraction of sp³-hybridized carbons (Fsp3) is 0.250. The summed E-state index contributed by atoms with van der Waals surface area (Å²) in [6, 6.07) is 1.77. The lowest BCUT2D eigenvalue weighted by atomic mass is 10.4. The molecule has 2 aromatic rings. The van der Waals surface area contributed by atoms with Crippen molar-refractivity contribution in [1.29, 1.82) is 0 Å². The van der Waals surface area contributed by atoms with Gasteiger partial charge in [0.2, 0.25) is 0 Å². The van der Waals surface area contributed by atoms with Gasteiger partial charge in [-0.05, 0) is 6.92 Å². The standard InChI is InChI=1S/C12H13ClN6O2/c1-2-21-12(20)8-5-19-10(15-8)6-18(13)7-11(19)16-9-3-4-14-17-9/h3-5,7H,2,6H2,1H3,(H2,14,16,17). The average Bonchev–Trinajstić information content (AvgIpc) is 3.07. The molecule has 0 amide bonds. The number of halogens is 1. The molecule has 0 saturated heterocycles. The maximum Gasteiger partial charge on any atom is 0.358 e. The number of carbonyl (C=O) groups excluding carboxylic acids is 1. The highest BCUT2D eigenvalue weighted by molar-refractivity contribution is 6.14. The predicted molar refractivity (Wildman–Crippen MR) is 76.1 cm³/mol. The van der Waals surface area contributed by atoms with E-state index >= 15 is 0 Å². The maximum atomic E-state index is 11.8. The van der Waals surface area contributed by atoms with E-state index < -0.39 is 5.97 Å². The van der Waals surface area contributed by atoms with Crippen molar-refractivity contribution in [3.05, 3.63) is 36.2 Å². The largest absolute Gasteiger partial charge is 0.461 e. The molecule has 0 atom stereocenters. The molecule has 21 heavy (non-hydrogen) atoms. The summed E-state index contributed by atoms with van der Waals surface area (Å²) in [6.07, 6.45) is 4.95. The van der Waals surface area contributed by atoms with E-state index in [0.29, 0.717) is 30.6 Å². The SMILES string of the molecule is CCOC(=O)c1cn2c(n1)CN(Cl)C=C2Nc1ccn[nH]1. The number of anilines is 1. The molecule has 9 heteroatoms. The van der Waals surface area contributed by atoms with Crippen LogP contribution in [0.5, 0.6) is 0 Å². The Labute approximate surface area is 125 Å². The lowest BCUT2D eigenvalue weighted by molar-refractivity contribution is 0.0520. The number of esters is 1. The molecule has 1 aliphatic rings. The first-order valence-corrected chi connectivity index (χ1v) is 6.67. The Balaban J connectivity index is 1.91. The molecule has 0 unspecified atom stereocenters. The van der Waals surface area contributed by atoms with E-state index in [1.54, 1.807) is 36.2 Å². The third-order valence-electron chi connectivity index (χ3n) is 2.84. The van der Waals surface area contributed by atoms with Gasteiger partial charge in [-0.15, -0.1) is 0 Å². The second-order valence-electron chi connectivity index (χ2n) is 4.30. The monoisotopic (exact) mass is 308 g/mol. The molecule has 0 spiro atoms. The third-order valence-corrected chi connectivity index (χ3v) is 3.06. The molecule has 0 radical (unpaired) electrons. The van der Waals surface area contributed by atoms with Crippen molar-refractivity contribution in [2.24, 2.45) is 0 Å². The second-order valence-corrected chi connectivity index (χ2v) is 4.73. The Morgan fingerprint density at radius 1 is 1.62 bits per heavy atom. The van der Waals surface area contributed by atoms with Crippen molar-refractivity contribution in [3.8, 4) is 0 Å². The topological polar surface area (TPSA) is 88.1 Å². The van der Waals surface area contributed by atoms with Gasteiger partial charge in [-0.3, -0.25) is 14.1 Å². The zero-order chi connectivity index (χ0) is 14.8. The van der Waals surface area contributed by atoms with Crippen molar-refractivity contribution in [2.75, 3.05) is 11.9 Å². The van der Waals surface area contributed by atoms with Crippen LogP contribution in [0.1, 0.15) is 23.2 Å². The Bertz CT molecular complexity index is 678. The van der Waals surface area contributed by atoms with Gasteiger partial charge in [0.15, 0.2) is 5.69 Å². The summed E-state index contributed by atoms with van der Waals surface area (Å²) < 4.78 is 8.17. The molecule has 0 fully saturated rings. The van der Waals surface area contributed by atoms with Gasteiger partial charge in [-0.2, -0.15) is 5.10 Å². The van der Waals surface area contributed by atoms with Crippen molar-refractivity contribution in [2.45, 2.75) is 13.5 Å². The second kappa shape index (κ2) is 5.49. The molecule has 3 heterocycles. The number of nitrogens with zero attached hydrogens (tertiary/aromatic N) is 4. The van der Waals surface area contributed by atoms with Crippen molar-refractivity contribution in [3.63, 3.8) is 0 Å². The van der Waals surface area contributed by atoms with E-state index in [-0.39, 0.29) is 5.69 Å². The number of hydrogen-bond donors (Lipinski definition) is 2. The molecule has 0 aliphatic carbocycles. The van der Waals surface area contributed by atoms with E-state index in [4.69, 9.17) is 16.5 Å². The van der Waals surface area contributed by atoms with Gasteiger partial charge < -0.3 is 10.1 Å². The van der Waals surface area contributed by atoms with Crippen LogP contribution >= 0.6 is 11.8 Å². The molecule has 3 rings (SSSR count). The number of ether oxygens (including phenoxy) is 1. The zero-order valence-corrected chi connectivity index (χ0v) is 12.0. The van der Waals surface area contributed by atoms with Gasteiger partial charge >= 0.3 is 5.97 Å². The van der Waals surface area contributed by atoms with E-state index in [2.05, 4.69) is 20.5 Å². The van der Waals surface area contributed by atoms with Crippen LogP contribution in [0, 0.1) is 0 Å². The summed E-state index contributed by atoms with van der Waals surface area (Å²) in [5.74, 6) is 1.53. The highest BCUT2D eigenvalue weighted by atomic mass is 35.5. The lowest BCUT2D eigenvalue weighted by Crippen LogP contribution is -2.21. The van der Waals surface area contributed by atoms with Gasteiger partial charge in [0, 0.05) is 24.0 Å². The summed E-state index contributed by atoms with van der Waals surface area (Å²) in [5, 5.41) is 9.77. The molecule has 110 valence electrons. The Hall–Kier alpha value is -2.48. The summed E-state index contributed by atoms with van der Waals surface area (Å²) in [5.41, 5.74) is 0.246. The highest BCUT2D eigenvalue weighted by Gasteiger charge is 2.22. The molecule has 2 N–H and O–H groups in total. The van der Waals surface area contributed by atoms with Crippen LogP contribution < -0.4 is 5.32 Å². The van der Waals surface area contributed by atoms with E-state index in [0.717, 1.165) is 0 Å². The molecule has 1 aliphatic heterocycles. The number of imidazole rings is 1. The maximum absolute atomic E-state index is 11.8.